The van der Waals surface area contributed by atoms with Crippen LogP contribution in [0.4, 0.5) is 5.95 Å². The second-order valence-electron chi connectivity index (χ2n) is 4.33. The van der Waals surface area contributed by atoms with Gasteiger partial charge in [0.2, 0.25) is 11.9 Å². The third-order valence-corrected chi connectivity index (χ3v) is 3.00. The highest BCUT2D eigenvalue weighted by Crippen LogP contribution is 2.26. The number of hydrogen-bond donors (Lipinski definition) is 1. The molecular weight excluding hydrogens is 202 g/mol. The van der Waals surface area contributed by atoms with Gasteiger partial charge in [0, 0.05) is 13.0 Å². The van der Waals surface area contributed by atoms with E-state index in [9.17, 15) is 4.79 Å². The highest BCUT2D eigenvalue weighted by Gasteiger charge is 2.19. The van der Waals surface area contributed by atoms with Crippen molar-refractivity contribution in [1.29, 1.82) is 0 Å². The van der Waals surface area contributed by atoms with Crippen LogP contribution in [0.5, 0.6) is 0 Å². The predicted molar refractivity (Wildman–Crippen MR) is 62.5 cm³/mol. The fourth-order valence-electron chi connectivity index (χ4n) is 2.29. The molecule has 0 aliphatic carbocycles. The van der Waals surface area contributed by atoms with Crippen molar-refractivity contribution in [2.24, 2.45) is 0 Å². The van der Waals surface area contributed by atoms with Gasteiger partial charge in [0.25, 0.3) is 0 Å². The highest BCUT2D eigenvalue weighted by atomic mass is 16.1. The minimum Gasteiger partial charge on any atom is -0.309 e. The molecule has 3 rings (SSSR count). The second kappa shape index (κ2) is 3.07. The number of hydrogen-bond acceptors (Lipinski definition) is 2. The first kappa shape index (κ1) is 9.39. The Hall–Kier alpha value is -1.84. The molecule has 1 aliphatic heterocycles. The van der Waals surface area contributed by atoms with Crippen LogP contribution >= 0.6 is 0 Å². The molecule has 0 atom stereocenters. The molecule has 0 unspecified atom stereocenters. The molecule has 4 heteroatoms. The number of imidazole rings is 1. The summed E-state index contributed by atoms with van der Waals surface area (Å²) in [5.41, 5.74) is 4.49. The molecule has 1 aromatic carbocycles. The van der Waals surface area contributed by atoms with Gasteiger partial charge in [-0.3, -0.25) is 10.1 Å². The van der Waals surface area contributed by atoms with Gasteiger partial charge < -0.3 is 4.57 Å². The summed E-state index contributed by atoms with van der Waals surface area (Å²) in [7, 11) is 0. The molecule has 0 radical (unpaired) electrons. The topological polar surface area (TPSA) is 46.9 Å². The third-order valence-electron chi connectivity index (χ3n) is 3.00. The monoisotopic (exact) mass is 215 g/mol. The number of nitrogens with zero attached hydrogens (tertiary/aromatic N) is 2. The molecule has 0 spiro atoms. The molecule has 82 valence electrons. The summed E-state index contributed by atoms with van der Waals surface area (Å²) in [5.74, 6) is 0.733. The van der Waals surface area contributed by atoms with E-state index >= 15 is 0 Å². The Morgan fingerprint density at radius 3 is 3.00 bits per heavy atom. The van der Waals surface area contributed by atoms with Gasteiger partial charge >= 0.3 is 0 Å². The summed E-state index contributed by atoms with van der Waals surface area (Å²) in [4.78, 5) is 15.8. The molecule has 0 saturated carbocycles. The predicted octanol–water partition coefficient (Wildman–Crippen LogP) is 2.00. The fraction of sp³-hybridized carbons (Fsp3) is 0.333. The number of rotatable bonds is 0. The molecule has 0 bridgehead atoms. The van der Waals surface area contributed by atoms with E-state index in [1.165, 1.54) is 5.56 Å². The average molecular weight is 215 g/mol. The number of nitrogens with one attached hydrogen (secondary N) is 1. The summed E-state index contributed by atoms with van der Waals surface area (Å²) < 4.78 is 2.08. The van der Waals surface area contributed by atoms with Crippen molar-refractivity contribution >= 4 is 22.9 Å². The Kier molecular flexibility index (Phi) is 1.80. The highest BCUT2D eigenvalue weighted by molar-refractivity contribution is 5.94. The van der Waals surface area contributed by atoms with Crippen LogP contribution < -0.4 is 5.32 Å². The van der Waals surface area contributed by atoms with Crippen molar-refractivity contribution in [3.63, 3.8) is 0 Å². The summed E-state index contributed by atoms with van der Waals surface area (Å²) >= 11 is 0. The smallest absolute Gasteiger partial charge is 0.228 e. The maximum absolute atomic E-state index is 11.3. The molecule has 0 saturated heterocycles. The quantitative estimate of drug-likeness (QED) is 0.730. The zero-order valence-electron chi connectivity index (χ0n) is 9.37. The summed E-state index contributed by atoms with van der Waals surface area (Å²) in [6.45, 7) is 4.85. The molecular formula is C12H13N3O. The Morgan fingerprint density at radius 1 is 1.38 bits per heavy atom. The number of carbonyl (C=O) groups excluding carboxylic acids is 1. The van der Waals surface area contributed by atoms with Crippen LogP contribution in [-0.4, -0.2) is 15.5 Å². The van der Waals surface area contributed by atoms with Gasteiger partial charge in [0.1, 0.15) is 0 Å². The Balaban J connectivity index is 2.33. The minimum absolute atomic E-state index is 0.0529. The summed E-state index contributed by atoms with van der Waals surface area (Å²) in [5, 5.41) is 2.81. The number of aryl methyl sites for hydroxylation is 3. The van der Waals surface area contributed by atoms with Crippen LogP contribution in [0.25, 0.3) is 11.0 Å². The SMILES string of the molecule is Cc1cc(C)c2nc3n(c2c1)CCC(=O)N3. The molecule has 16 heavy (non-hydrogen) atoms. The molecule has 1 aromatic heterocycles. The first-order valence-corrected chi connectivity index (χ1v) is 5.42. The molecule has 1 aliphatic rings. The number of aromatic nitrogens is 2. The van der Waals surface area contributed by atoms with E-state index in [2.05, 4.69) is 40.8 Å². The van der Waals surface area contributed by atoms with E-state index in [0.717, 1.165) is 23.1 Å². The third kappa shape index (κ3) is 1.23. The Morgan fingerprint density at radius 2 is 2.19 bits per heavy atom. The number of fused-ring (bicyclic) bond motifs is 3. The lowest BCUT2D eigenvalue weighted by atomic mass is 10.1. The molecule has 2 heterocycles. The van der Waals surface area contributed by atoms with Crippen molar-refractivity contribution < 1.29 is 4.79 Å². The van der Waals surface area contributed by atoms with E-state index in [1.54, 1.807) is 0 Å². The van der Waals surface area contributed by atoms with Crippen LogP contribution in [0, 0.1) is 13.8 Å². The maximum atomic E-state index is 11.3. The lowest BCUT2D eigenvalue weighted by molar-refractivity contribution is -0.116. The van der Waals surface area contributed by atoms with Gasteiger partial charge in [-0.15, -0.1) is 0 Å². The van der Waals surface area contributed by atoms with E-state index < -0.39 is 0 Å². The first-order valence-electron chi connectivity index (χ1n) is 5.42. The average Bonchev–Trinajstić information content (AvgIpc) is 2.56. The van der Waals surface area contributed by atoms with Crippen molar-refractivity contribution in [3.8, 4) is 0 Å². The summed E-state index contributed by atoms with van der Waals surface area (Å²) in [6.07, 6.45) is 0.533. The van der Waals surface area contributed by atoms with E-state index in [4.69, 9.17) is 0 Å². The van der Waals surface area contributed by atoms with Crippen molar-refractivity contribution in [2.45, 2.75) is 26.8 Å². The largest absolute Gasteiger partial charge is 0.309 e. The molecule has 4 nitrogen and oxygen atoms in total. The van der Waals surface area contributed by atoms with Crippen molar-refractivity contribution in [3.05, 3.63) is 23.3 Å². The van der Waals surface area contributed by atoms with Gasteiger partial charge in [-0.25, -0.2) is 4.98 Å². The lowest BCUT2D eigenvalue weighted by Crippen LogP contribution is -2.23. The molecule has 0 fully saturated rings. The molecule has 2 aromatic rings. The zero-order valence-corrected chi connectivity index (χ0v) is 9.37. The van der Waals surface area contributed by atoms with E-state index in [1.807, 2.05) is 0 Å². The van der Waals surface area contributed by atoms with Gasteiger partial charge in [-0.1, -0.05) is 6.07 Å². The summed E-state index contributed by atoms with van der Waals surface area (Å²) in [6, 6.07) is 4.24. The lowest BCUT2D eigenvalue weighted by Gasteiger charge is -2.14. The normalized spacial score (nSPS) is 15.0. The van der Waals surface area contributed by atoms with Gasteiger partial charge in [-0.05, 0) is 31.0 Å². The van der Waals surface area contributed by atoms with Crippen LogP contribution in [0.3, 0.4) is 0 Å². The number of benzene rings is 1. The van der Waals surface area contributed by atoms with E-state index in [0.29, 0.717) is 12.4 Å². The van der Waals surface area contributed by atoms with Crippen LogP contribution in [0.2, 0.25) is 0 Å². The number of carbonyl (C=O) groups is 1. The number of anilines is 1. The van der Waals surface area contributed by atoms with Crippen LogP contribution in [-0.2, 0) is 11.3 Å². The Labute approximate surface area is 93.3 Å². The van der Waals surface area contributed by atoms with Gasteiger partial charge in [0.05, 0.1) is 11.0 Å². The molecule has 1 N–H and O–H groups in total. The zero-order chi connectivity index (χ0) is 11.3. The van der Waals surface area contributed by atoms with Crippen LogP contribution in [0.1, 0.15) is 17.5 Å². The van der Waals surface area contributed by atoms with Crippen molar-refractivity contribution in [1.82, 2.24) is 9.55 Å². The first-order chi connectivity index (χ1) is 7.65. The number of amides is 1. The fourth-order valence-corrected chi connectivity index (χ4v) is 2.29. The minimum atomic E-state index is 0.0529. The Bertz CT molecular complexity index is 598. The van der Waals surface area contributed by atoms with Crippen LogP contribution in [0.15, 0.2) is 12.1 Å². The standard InChI is InChI=1S/C12H13N3O/c1-7-5-8(2)11-9(6-7)15-4-3-10(16)13-12(15)14-11/h5-6H,3-4H2,1-2H3,(H,13,14,16). The van der Waals surface area contributed by atoms with Gasteiger partial charge in [-0.2, -0.15) is 0 Å². The molecule has 1 amide bonds. The maximum Gasteiger partial charge on any atom is 0.228 e. The van der Waals surface area contributed by atoms with E-state index in [-0.39, 0.29) is 5.91 Å². The van der Waals surface area contributed by atoms with Crippen molar-refractivity contribution in [2.75, 3.05) is 5.32 Å². The van der Waals surface area contributed by atoms with Gasteiger partial charge in [0.15, 0.2) is 0 Å². The second-order valence-corrected chi connectivity index (χ2v) is 4.33.